The summed E-state index contributed by atoms with van der Waals surface area (Å²) in [5, 5.41) is 19.1. The third-order valence-electron chi connectivity index (χ3n) is 3.89. The van der Waals surface area contributed by atoms with Gasteiger partial charge >= 0.3 is 0 Å². The summed E-state index contributed by atoms with van der Waals surface area (Å²) in [7, 11) is 0. The second kappa shape index (κ2) is 8.09. The van der Waals surface area contributed by atoms with Gasteiger partial charge in [-0.3, -0.25) is 0 Å². The van der Waals surface area contributed by atoms with Crippen LogP contribution in [-0.2, 0) is 0 Å². The first kappa shape index (κ1) is 16.7. The Kier molecular flexibility index (Phi) is 5.63. The van der Waals surface area contributed by atoms with E-state index in [2.05, 4.69) is 29.2 Å². The third-order valence-corrected chi connectivity index (χ3v) is 5.04. The molecule has 24 heavy (non-hydrogen) atoms. The van der Waals surface area contributed by atoms with Gasteiger partial charge in [0.1, 0.15) is 18.5 Å². The van der Waals surface area contributed by atoms with Crippen molar-refractivity contribution in [3.05, 3.63) is 54.1 Å². The summed E-state index contributed by atoms with van der Waals surface area (Å²) in [6, 6.07) is 17.3. The highest BCUT2D eigenvalue weighted by atomic mass is 32.2. The number of aliphatic hydroxyl groups is 1. The lowest BCUT2D eigenvalue weighted by Crippen LogP contribution is -2.36. The molecule has 1 atom stereocenters. The van der Waals surface area contributed by atoms with Crippen LogP contribution in [0.3, 0.4) is 0 Å². The lowest BCUT2D eigenvalue weighted by atomic mass is 10.2. The second-order valence-electron chi connectivity index (χ2n) is 5.72. The van der Waals surface area contributed by atoms with Gasteiger partial charge < -0.3 is 14.7 Å². The normalized spacial score (nSPS) is 15.1. The predicted octanol–water partition coefficient (Wildman–Crippen LogP) is 3.30. The summed E-state index contributed by atoms with van der Waals surface area (Å²) in [6.07, 6.45) is 0.527. The number of rotatable bonds is 5. The molecular formula is C19H20N2O2S. The molecule has 0 saturated heterocycles. The first-order chi connectivity index (χ1) is 11.8. The van der Waals surface area contributed by atoms with E-state index < -0.39 is 6.10 Å². The first-order valence-corrected chi connectivity index (χ1v) is 9.02. The van der Waals surface area contributed by atoms with Crippen molar-refractivity contribution < 1.29 is 9.84 Å². The van der Waals surface area contributed by atoms with E-state index in [9.17, 15) is 5.11 Å². The van der Waals surface area contributed by atoms with E-state index in [1.165, 1.54) is 10.6 Å². The van der Waals surface area contributed by atoms with Crippen molar-refractivity contribution in [2.45, 2.75) is 17.4 Å². The number of hydrogen-bond acceptors (Lipinski definition) is 5. The molecular weight excluding hydrogens is 320 g/mol. The standard InChI is InChI=1S/C19H20N2O2S/c20-12-15-6-8-17(9-7-15)23-14-16(22)13-21-10-3-11-24-19-5-2-1-4-18(19)21/h1-2,4-9,16,22H,3,10-11,13-14H2. The first-order valence-electron chi connectivity index (χ1n) is 8.04. The van der Waals surface area contributed by atoms with Gasteiger partial charge in [-0.25, -0.2) is 0 Å². The maximum Gasteiger partial charge on any atom is 0.119 e. The fourth-order valence-electron chi connectivity index (χ4n) is 2.71. The molecule has 2 aromatic carbocycles. The summed E-state index contributed by atoms with van der Waals surface area (Å²) >= 11 is 1.87. The number of nitrogens with zero attached hydrogens (tertiary/aromatic N) is 2. The molecule has 2 aromatic rings. The highest BCUT2D eigenvalue weighted by molar-refractivity contribution is 7.99. The molecule has 0 spiro atoms. The lowest BCUT2D eigenvalue weighted by Gasteiger charge is -2.27. The number of anilines is 1. The highest BCUT2D eigenvalue weighted by Gasteiger charge is 2.18. The molecule has 1 N–H and O–H groups in total. The molecule has 0 bridgehead atoms. The number of fused-ring (bicyclic) bond motifs is 1. The fraction of sp³-hybridized carbons (Fsp3) is 0.316. The van der Waals surface area contributed by atoms with Crippen LogP contribution < -0.4 is 9.64 Å². The fourth-order valence-corrected chi connectivity index (χ4v) is 3.73. The average molecular weight is 340 g/mol. The van der Waals surface area contributed by atoms with Crippen molar-refractivity contribution in [1.82, 2.24) is 0 Å². The zero-order valence-electron chi connectivity index (χ0n) is 13.4. The van der Waals surface area contributed by atoms with E-state index in [0.717, 1.165) is 18.7 Å². The number of aliphatic hydroxyl groups excluding tert-OH is 1. The molecule has 124 valence electrons. The largest absolute Gasteiger partial charge is 0.491 e. The smallest absolute Gasteiger partial charge is 0.119 e. The molecule has 0 amide bonds. The number of hydrogen-bond donors (Lipinski definition) is 1. The van der Waals surface area contributed by atoms with Crippen LogP contribution in [0.15, 0.2) is 53.4 Å². The van der Waals surface area contributed by atoms with E-state index in [1.807, 2.05) is 17.8 Å². The zero-order valence-corrected chi connectivity index (χ0v) is 14.2. The van der Waals surface area contributed by atoms with Gasteiger partial charge in [0.15, 0.2) is 0 Å². The second-order valence-corrected chi connectivity index (χ2v) is 6.85. The molecule has 1 unspecified atom stereocenters. The van der Waals surface area contributed by atoms with Gasteiger partial charge in [0.05, 0.1) is 17.3 Å². The number of nitriles is 1. The van der Waals surface area contributed by atoms with Crippen molar-refractivity contribution in [3.63, 3.8) is 0 Å². The Hall–Kier alpha value is -2.16. The van der Waals surface area contributed by atoms with Gasteiger partial charge in [-0.1, -0.05) is 12.1 Å². The molecule has 1 heterocycles. The monoisotopic (exact) mass is 340 g/mol. The van der Waals surface area contributed by atoms with Crippen LogP contribution in [0.5, 0.6) is 5.75 Å². The van der Waals surface area contributed by atoms with E-state index in [-0.39, 0.29) is 6.61 Å². The number of para-hydroxylation sites is 1. The topological polar surface area (TPSA) is 56.5 Å². The van der Waals surface area contributed by atoms with Crippen molar-refractivity contribution in [2.75, 3.05) is 30.3 Å². The Morgan fingerprint density at radius 1 is 1.21 bits per heavy atom. The van der Waals surface area contributed by atoms with Crippen LogP contribution >= 0.6 is 11.8 Å². The molecule has 0 radical (unpaired) electrons. The van der Waals surface area contributed by atoms with Gasteiger partial charge in [-0.05, 0) is 48.6 Å². The Morgan fingerprint density at radius 3 is 2.79 bits per heavy atom. The van der Waals surface area contributed by atoms with Crippen molar-refractivity contribution >= 4 is 17.4 Å². The quantitative estimate of drug-likeness (QED) is 0.905. The summed E-state index contributed by atoms with van der Waals surface area (Å²) in [5.41, 5.74) is 1.79. The molecule has 4 nitrogen and oxygen atoms in total. The van der Waals surface area contributed by atoms with E-state index in [4.69, 9.17) is 10.00 Å². The summed E-state index contributed by atoms with van der Waals surface area (Å²) < 4.78 is 5.64. The zero-order chi connectivity index (χ0) is 16.8. The van der Waals surface area contributed by atoms with Crippen LogP contribution in [0.2, 0.25) is 0 Å². The SMILES string of the molecule is N#Cc1ccc(OCC(O)CN2CCCSc3ccccc32)cc1. The van der Waals surface area contributed by atoms with Crippen LogP contribution in [0, 0.1) is 11.3 Å². The maximum absolute atomic E-state index is 10.4. The maximum atomic E-state index is 10.4. The predicted molar refractivity (Wildman–Crippen MR) is 96.7 cm³/mol. The van der Waals surface area contributed by atoms with E-state index in [1.54, 1.807) is 24.3 Å². The minimum atomic E-state index is -0.572. The van der Waals surface area contributed by atoms with Crippen molar-refractivity contribution in [1.29, 1.82) is 5.26 Å². The Labute approximate surface area is 146 Å². The number of thioether (sulfide) groups is 1. The summed E-state index contributed by atoms with van der Waals surface area (Å²) in [4.78, 5) is 3.51. The Bertz CT molecular complexity index is 712. The van der Waals surface area contributed by atoms with Crippen molar-refractivity contribution in [2.24, 2.45) is 0 Å². The van der Waals surface area contributed by atoms with Gasteiger partial charge in [0.2, 0.25) is 0 Å². The molecule has 1 aliphatic rings. The molecule has 0 aliphatic carbocycles. The molecule has 3 rings (SSSR count). The minimum absolute atomic E-state index is 0.234. The summed E-state index contributed by atoms with van der Waals surface area (Å²) in [6.45, 7) is 1.73. The van der Waals surface area contributed by atoms with Gasteiger partial charge in [0.25, 0.3) is 0 Å². The van der Waals surface area contributed by atoms with Crippen LogP contribution in [0.1, 0.15) is 12.0 Å². The highest BCUT2D eigenvalue weighted by Crippen LogP contribution is 2.33. The Morgan fingerprint density at radius 2 is 2.00 bits per heavy atom. The number of β-amino-alcohol motifs (C(OH)–C–C–N with tert-alkyl or cyclic N) is 1. The molecule has 1 aliphatic heterocycles. The van der Waals surface area contributed by atoms with Crippen molar-refractivity contribution in [3.8, 4) is 11.8 Å². The molecule has 5 heteroatoms. The number of benzene rings is 2. The van der Waals surface area contributed by atoms with Crippen LogP contribution in [0.25, 0.3) is 0 Å². The van der Waals surface area contributed by atoms with E-state index >= 15 is 0 Å². The minimum Gasteiger partial charge on any atom is -0.491 e. The number of ether oxygens (including phenoxy) is 1. The van der Waals surface area contributed by atoms with Gasteiger partial charge in [-0.2, -0.15) is 5.26 Å². The Balaban J connectivity index is 1.58. The van der Waals surface area contributed by atoms with Gasteiger partial charge in [-0.15, -0.1) is 11.8 Å². The third kappa shape index (κ3) is 4.22. The van der Waals surface area contributed by atoms with Crippen LogP contribution in [0.4, 0.5) is 5.69 Å². The molecule has 0 fully saturated rings. The average Bonchev–Trinajstić information content (AvgIpc) is 2.83. The van der Waals surface area contributed by atoms with Crippen LogP contribution in [-0.4, -0.2) is 36.7 Å². The lowest BCUT2D eigenvalue weighted by molar-refractivity contribution is 0.112. The molecule has 0 aromatic heterocycles. The molecule has 0 saturated carbocycles. The van der Waals surface area contributed by atoms with E-state index in [0.29, 0.717) is 17.9 Å². The van der Waals surface area contributed by atoms with Gasteiger partial charge in [0, 0.05) is 18.0 Å². The summed E-state index contributed by atoms with van der Waals surface area (Å²) in [5.74, 6) is 1.77.